The number of rotatable bonds is 2. The van der Waals surface area contributed by atoms with E-state index in [4.69, 9.17) is 21.1 Å². The standard InChI is InChI=1S/C7H13N.C5H7O2.C3H4O3.CH3O.Pt/c1-6-4-2-3-5-7(6)8;1-4(2)5(6)7-3;1-2(4)3(5)6;1-2;/h6-8H,1-5H2;1,3H2,2H3;4H,1H2,(H,5,6);2H,1H2;/q-2;-1;;-1;+4. The van der Waals surface area contributed by atoms with Crippen LogP contribution in [0.2, 0.25) is 0 Å². The Hall–Kier alpha value is -1.17. The summed E-state index contributed by atoms with van der Waals surface area (Å²) in [6, 6.07) is 0.142. The average Bonchev–Trinajstić information content (AvgIpc) is 2.52. The SMILES string of the molecule is C=C(C)C(=O)O[CH2-].C=C(O)C(=O)O.[CH2-]C1CCCCC1[NH-].[CH2-]O.[Pt+4]. The van der Waals surface area contributed by atoms with Gasteiger partial charge in [0.15, 0.2) is 5.76 Å². The summed E-state index contributed by atoms with van der Waals surface area (Å²) in [4.78, 5) is 19.5. The monoisotopic (exact) mass is 524 g/mol. The first kappa shape index (κ1) is 30.7. The molecule has 0 radical (unpaired) electrons. The summed E-state index contributed by atoms with van der Waals surface area (Å²) in [7, 11) is 5.15. The number of nitrogens with one attached hydrogen (secondary N) is 1. The van der Waals surface area contributed by atoms with E-state index in [-0.39, 0.29) is 27.1 Å². The number of aliphatic carboxylic acids is 1. The smallest absolute Gasteiger partial charge is 0.677 e. The average molecular weight is 524 g/mol. The number of carboxylic acid groups (broad SMARTS) is 1. The van der Waals surface area contributed by atoms with E-state index in [2.05, 4.69) is 39.0 Å². The number of carboxylic acids is 1. The van der Waals surface area contributed by atoms with Gasteiger partial charge in [0.05, 0.1) is 0 Å². The topological polar surface area (TPSA) is 128 Å². The molecule has 0 aromatic heterocycles. The van der Waals surface area contributed by atoms with Gasteiger partial charge in [-0.05, 0) is 13.5 Å². The zero-order valence-corrected chi connectivity index (χ0v) is 16.2. The van der Waals surface area contributed by atoms with E-state index in [0.29, 0.717) is 11.5 Å². The minimum absolute atomic E-state index is 0. The van der Waals surface area contributed by atoms with Gasteiger partial charge in [-0.3, -0.25) is 0 Å². The van der Waals surface area contributed by atoms with Crippen LogP contribution in [-0.2, 0) is 35.4 Å². The maximum atomic E-state index is 10.1. The van der Waals surface area contributed by atoms with E-state index >= 15 is 0 Å². The van der Waals surface area contributed by atoms with Crippen molar-refractivity contribution in [3.63, 3.8) is 0 Å². The van der Waals surface area contributed by atoms with Crippen LogP contribution in [0.1, 0.15) is 32.6 Å². The van der Waals surface area contributed by atoms with Gasteiger partial charge < -0.3 is 32.7 Å². The fourth-order valence-electron chi connectivity index (χ4n) is 1.33. The van der Waals surface area contributed by atoms with Crippen LogP contribution in [-0.4, -0.2) is 33.3 Å². The minimum Gasteiger partial charge on any atom is -0.677 e. The Morgan fingerprint density at radius 1 is 1.17 bits per heavy atom. The first-order valence-corrected chi connectivity index (χ1v) is 6.72. The van der Waals surface area contributed by atoms with Crippen molar-refractivity contribution in [2.45, 2.75) is 38.6 Å². The van der Waals surface area contributed by atoms with Gasteiger partial charge >= 0.3 is 33.0 Å². The van der Waals surface area contributed by atoms with Crippen molar-refractivity contribution in [2.24, 2.45) is 5.92 Å². The number of hydrogen-bond acceptors (Lipinski definition) is 5. The normalized spacial score (nSPS) is 17.6. The molecule has 1 fully saturated rings. The van der Waals surface area contributed by atoms with Crippen LogP contribution < -0.4 is 0 Å². The van der Waals surface area contributed by atoms with Gasteiger partial charge in [-0.25, -0.2) is 16.7 Å². The van der Waals surface area contributed by atoms with Gasteiger partial charge in [0.1, 0.15) is 0 Å². The maximum Gasteiger partial charge on any atom is 4.00 e. The number of ether oxygens (including phenoxy) is 1. The minimum atomic E-state index is -1.38. The molecule has 1 aliphatic carbocycles. The Labute approximate surface area is 158 Å². The van der Waals surface area contributed by atoms with Gasteiger partial charge in [0.2, 0.25) is 0 Å². The molecule has 0 saturated heterocycles. The third kappa shape index (κ3) is 20.8. The van der Waals surface area contributed by atoms with Crippen molar-refractivity contribution in [3.05, 3.63) is 51.4 Å². The Morgan fingerprint density at radius 2 is 1.54 bits per heavy atom. The molecule has 0 bridgehead atoms. The van der Waals surface area contributed by atoms with Crippen molar-refractivity contribution >= 4 is 11.9 Å². The predicted octanol–water partition coefficient (Wildman–Crippen LogP) is 3.62. The molecule has 24 heavy (non-hydrogen) atoms. The third-order valence-electron chi connectivity index (χ3n) is 2.64. The second-order valence-corrected chi connectivity index (χ2v) is 4.62. The molecule has 0 heterocycles. The Morgan fingerprint density at radius 3 is 1.67 bits per heavy atom. The second kappa shape index (κ2) is 19.9. The molecule has 8 heteroatoms. The van der Waals surface area contributed by atoms with E-state index in [0.717, 1.165) is 6.42 Å². The molecule has 7 nitrogen and oxygen atoms in total. The predicted molar refractivity (Wildman–Crippen MR) is 88.4 cm³/mol. The van der Waals surface area contributed by atoms with Crippen LogP contribution in [0.3, 0.4) is 0 Å². The molecule has 0 aliphatic heterocycles. The maximum absolute atomic E-state index is 10.1. The van der Waals surface area contributed by atoms with Gasteiger partial charge in [0, 0.05) is 5.57 Å². The molecule has 2 unspecified atom stereocenters. The molecule has 1 rings (SSSR count). The van der Waals surface area contributed by atoms with E-state index < -0.39 is 17.7 Å². The molecular weight excluding hydrogens is 497 g/mol. The summed E-state index contributed by atoms with van der Waals surface area (Å²) in [5.41, 5.74) is 7.79. The van der Waals surface area contributed by atoms with Crippen LogP contribution in [0.15, 0.2) is 24.5 Å². The number of aliphatic hydroxyl groups excluding tert-OH is 2. The van der Waals surface area contributed by atoms with Crippen molar-refractivity contribution in [1.82, 2.24) is 0 Å². The van der Waals surface area contributed by atoms with Crippen LogP contribution in [0.4, 0.5) is 0 Å². The van der Waals surface area contributed by atoms with Crippen LogP contribution in [0.25, 0.3) is 5.73 Å². The number of aliphatic hydroxyl groups is 2. The van der Waals surface area contributed by atoms with E-state index in [1.54, 1.807) is 6.92 Å². The number of carbonyl (C=O) groups excluding carboxylic acids is 1. The van der Waals surface area contributed by atoms with Crippen LogP contribution >= 0.6 is 0 Å². The number of carbonyl (C=O) groups is 2. The molecule has 0 amide bonds. The Bertz CT molecular complexity index is 352. The molecule has 142 valence electrons. The summed E-state index contributed by atoms with van der Waals surface area (Å²) >= 11 is 0. The van der Waals surface area contributed by atoms with Gasteiger partial charge in [-0.15, -0.1) is 0 Å². The van der Waals surface area contributed by atoms with Crippen molar-refractivity contribution < 1.29 is 50.7 Å². The number of hydrogen-bond donors (Lipinski definition) is 3. The van der Waals surface area contributed by atoms with Crippen molar-refractivity contribution in [2.75, 3.05) is 0 Å². The summed E-state index contributed by atoms with van der Waals surface area (Å²) < 4.78 is 4.02. The van der Waals surface area contributed by atoms with Crippen LogP contribution in [0.5, 0.6) is 0 Å². The molecule has 1 aliphatic rings. The zero-order chi connectivity index (χ0) is 19.0. The molecule has 2 atom stereocenters. The fourth-order valence-corrected chi connectivity index (χ4v) is 1.33. The molecular formula is C16H27NO6Pt. The zero-order valence-electron chi connectivity index (χ0n) is 13.9. The molecule has 4 N–H and O–H groups in total. The summed E-state index contributed by atoms with van der Waals surface area (Å²) in [5.74, 6) is -2.24. The first-order valence-electron chi connectivity index (χ1n) is 6.72. The van der Waals surface area contributed by atoms with E-state index in [1.165, 1.54) is 19.3 Å². The Kier molecular flexibility index (Phi) is 25.4. The third-order valence-corrected chi connectivity index (χ3v) is 2.64. The largest absolute Gasteiger partial charge is 4.00 e. The molecule has 0 aromatic carbocycles. The molecule has 0 aromatic rings. The number of esters is 1. The van der Waals surface area contributed by atoms with E-state index in [9.17, 15) is 9.59 Å². The Balaban J connectivity index is -0.000000118. The van der Waals surface area contributed by atoms with Gasteiger partial charge in [-0.1, -0.05) is 32.3 Å². The second-order valence-electron chi connectivity index (χ2n) is 4.62. The summed E-state index contributed by atoms with van der Waals surface area (Å²) in [5, 5.41) is 22.2. The quantitative estimate of drug-likeness (QED) is 0.219. The summed E-state index contributed by atoms with van der Waals surface area (Å²) in [6.07, 6.45) is 4.80. The van der Waals surface area contributed by atoms with Crippen molar-refractivity contribution in [3.8, 4) is 0 Å². The van der Waals surface area contributed by atoms with Crippen molar-refractivity contribution in [1.29, 1.82) is 0 Å². The van der Waals surface area contributed by atoms with Gasteiger partial charge in [-0.2, -0.15) is 19.1 Å². The van der Waals surface area contributed by atoms with E-state index in [1.807, 2.05) is 0 Å². The fraction of sp³-hybridized carbons (Fsp3) is 0.438. The first-order chi connectivity index (χ1) is 10.6. The van der Waals surface area contributed by atoms with Gasteiger partial charge in [0.25, 0.3) is 0 Å². The molecule has 1 saturated carbocycles. The molecule has 0 spiro atoms. The summed E-state index contributed by atoms with van der Waals surface area (Å²) in [6.45, 7) is 11.5. The van der Waals surface area contributed by atoms with Crippen LogP contribution in [0, 0.1) is 27.1 Å².